The monoisotopic (exact) mass is 192 g/mol. The van der Waals surface area contributed by atoms with E-state index in [-0.39, 0.29) is 5.41 Å². The van der Waals surface area contributed by atoms with Crippen LogP contribution in [0.3, 0.4) is 0 Å². The van der Waals surface area contributed by atoms with Crippen LogP contribution in [0, 0.1) is 0 Å². The molecule has 1 unspecified atom stereocenters. The second-order valence-electron chi connectivity index (χ2n) is 5.45. The first-order chi connectivity index (χ1) is 6.50. The van der Waals surface area contributed by atoms with Gasteiger partial charge in [-0.25, -0.2) is 4.98 Å². The van der Waals surface area contributed by atoms with Gasteiger partial charge in [-0.1, -0.05) is 27.7 Å². The van der Waals surface area contributed by atoms with Gasteiger partial charge in [0.15, 0.2) is 0 Å². The highest BCUT2D eigenvalue weighted by molar-refractivity contribution is 5.17. The van der Waals surface area contributed by atoms with Crippen LogP contribution >= 0.6 is 0 Å². The fraction of sp³-hybridized carbons (Fsp3) is 0.750. The molecule has 0 saturated carbocycles. The summed E-state index contributed by atoms with van der Waals surface area (Å²) in [4.78, 5) is 4.57. The largest absolute Gasteiger partial charge is 0.331 e. The van der Waals surface area contributed by atoms with Gasteiger partial charge in [-0.2, -0.15) is 0 Å². The number of imidazole rings is 1. The third-order valence-corrected chi connectivity index (χ3v) is 3.11. The Bertz CT molecular complexity index is 331. The van der Waals surface area contributed by atoms with E-state index in [1.165, 1.54) is 24.4 Å². The lowest BCUT2D eigenvalue weighted by atomic mass is 9.91. The first kappa shape index (κ1) is 9.75. The molecule has 78 valence electrons. The number of fused-ring (bicyclic) bond motifs is 1. The van der Waals surface area contributed by atoms with Crippen molar-refractivity contribution < 1.29 is 0 Å². The summed E-state index contributed by atoms with van der Waals surface area (Å²) in [5, 5.41) is 0. The Balaban J connectivity index is 2.46. The van der Waals surface area contributed by atoms with E-state index in [0.29, 0.717) is 5.92 Å². The topological polar surface area (TPSA) is 17.8 Å². The average Bonchev–Trinajstić information content (AvgIpc) is 2.47. The standard InChI is InChI=1S/C12H20N2/c1-9-6-5-7-14-10(12(2,3)4)8-13-11(9)14/h8-9H,5-7H2,1-4H3. The molecule has 2 heteroatoms. The highest BCUT2D eigenvalue weighted by Gasteiger charge is 2.25. The predicted molar refractivity (Wildman–Crippen MR) is 58.6 cm³/mol. The molecule has 2 nitrogen and oxygen atoms in total. The Labute approximate surface area is 86.3 Å². The molecule has 1 aliphatic rings. The van der Waals surface area contributed by atoms with E-state index in [1.807, 2.05) is 0 Å². The maximum Gasteiger partial charge on any atom is 0.111 e. The van der Waals surface area contributed by atoms with Crippen LogP contribution in [0.5, 0.6) is 0 Å². The van der Waals surface area contributed by atoms with E-state index in [2.05, 4.69) is 43.4 Å². The summed E-state index contributed by atoms with van der Waals surface area (Å²) in [6, 6.07) is 0. The zero-order chi connectivity index (χ0) is 10.3. The van der Waals surface area contributed by atoms with Gasteiger partial charge >= 0.3 is 0 Å². The predicted octanol–water partition coefficient (Wildman–Crippen LogP) is 3.08. The highest BCUT2D eigenvalue weighted by Crippen LogP contribution is 2.31. The molecule has 0 saturated heterocycles. The minimum atomic E-state index is 0.225. The first-order valence-corrected chi connectivity index (χ1v) is 5.56. The van der Waals surface area contributed by atoms with Gasteiger partial charge in [0.1, 0.15) is 5.82 Å². The number of hydrogen-bond donors (Lipinski definition) is 0. The molecule has 1 aromatic heterocycles. The lowest BCUT2D eigenvalue weighted by Crippen LogP contribution is -2.22. The van der Waals surface area contributed by atoms with Crippen molar-refractivity contribution in [1.29, 1.82) is 0 Å². The van der Waals surface area contributed by atoms with E-state index in [0.717, 1.165) is 6.54 Å². The second-order valence-corrected chi connectivity index (χ2v) is 5.45. The molecule has 0 spiro atoms. The van der Waals surface area contributed by atoms with Crippen LogP contribution in [-0.4, -0.2) is 9.55 Å². The van der Waals surface area contributed by atoms with Crippen molar-refractivity contribution in [3.05, 3.63) is 17.7 Å². The Morgan fingerprint density at radius 1 is 1.43 bits per heavy atom. The van der Waals surface area contributed by atoms with E-state index in [4.69, 9.17) is 0 Å². The maximum absolute atomic E-state index is 4.57. The van der Waals surface area contributed by atoms with Crippen LogP contribution < -0.4 is 0 Å². The molecule has 0 aromatic carbocycles. The maximum atomic E-state index is 4.57. The van der Waals surface area contributed by atoms with Gasteiger partial charge < -0.3 is 4.57 Å². The van der Waals surface area contributed by atoms with Crippen LogP contribution in [0.2, 0.25) is 0 Å². The van der Waals surface area contributed by atoms with Crippen LogP contribution in [0.4, 0.5) is 0 Å². The van der Waals surface area contributed by atoms with E-state index >= 15 is 0 Å². The summed E-state index contributed by atoms with van der Waals surface area (Å²) in [6.07, 6.45) is 4.66. The van der Waals surface area contributed by atoms with Crippen molar-refractivity contribution >= 4 is 0 Å². The van der Waals surface area contributed by atoms with Crippen molar-refractivity contribution in [1.82, 2.24) is 9.55 Å². The first-order valence-electron chi connectivity index (χ1n) is 5.56. The number of aromatic nitrogens is 2. The van der Waals surface area contributed by atoms with Gasteiger partial charge in [-0.15, -0.1) is 0 Å². The molecule has 14 heavy (non-hydrogen) atoms. The number of hydrogen-bond acceptors (Lipinski definition) is 1. The van der Waals surface area contributed by atoms with E-state index < -0.39 is 0 Å². The molecule has 1 aliphatic heterocycles. The van der Waals surface area contributed by atoms with E-state index in [9.17, 15) is 0 Å². The molecule has 2 heterocycles. The quantitative estimate of drug-likeness (QED) is 0.617. The van der Waals surface area contributed by atoms with Crippen LogP contribution in [-0.2, 0) is 12.0 Å². The normalized spacial score (nSPS) is 22.1. The molecule has 2 rings (SSSR count). The van der Waals surface area contributed by atoms with E-state index in [1.54, 1.807) is 0 Å². The minimum absolute atomic E-state index is 0.225. The van der Waals surface area contributed by atoms with Gasteiger partial charge in [0.2, 0.25) is 0 Å². The van der Waals surface area contributed by atoms with Gasteiger partial charge in [0.05, 0.1) is 0 Å². The molecule has 0 bridgehead atoms. The zero-order valence-corrected chi connectivity index (χ0v) is 9.67. The number of rotatable bonds is 0. The Hall–Kier alpha value is -0.790. The third kappa shape index (κ3) is 1.47. The molecule has 1 aromatic rings. The Morgan fingerprint density at radius 3 is 2.79 bits per heavy atom. The molecule has 0 amide bonds. The summed E-state index contributed by atoms with van der Waals surface area (Å²) >= 11 is 0. The van der Waals surface area contributed by atoms with Crippen molar-refractivity contribution in [3.63, 3.8) is 0 Å². The van der Waals surface area contributed by atoms with Gasteiger partial charge in [0, 0.05) is 29.8 Å². The second kappa shape index (κ2) is 3.11. The summed E-state index contributed by atoms with van der Waals surface area (Å²) in [5.41, 5.74) is 1.61. The highest BCUT2D eigenvalue weighted by atomic mass is 15.1. The molecule has 0 radical (unpaired) electrons. The molecule has 1 atom stereocenters. The smallest absolute Gasteiger partial charge is 0.111 e. The molecule has 0 N–H and O–H groups in total. The summed E-state index contributed by atoms with van der Waals surface area (Å²) < 4.78 is 2.42. The molecule has 0 aliphatic carbocycles. The SMILES string of the molecule is CC1CCCn2c(C(C)(C)C)cnc21. The molecule has 0 fully saturated rings. The lowest BCUT2D eigenvalue weighted by Gasteiger charge is -2.26. The third-order valence-electron chi connectivity index (χ3n) is 3.11. The average molecular weight is 192 g/mol. The fourth-order valence-corrected chi connectivity index (χ4v) is 2.30. The lowest BCUT2D eigenvalue weighted by molar-refractivity contribution is 0.426. The Kier molecular flexibility index (Phi) is 2.17. The molecular weight excluding hydrogens is 172 g/mol. The Morgan fingerprint density at radius 2 is 2.14 bits per heavy atom. The fourth-order valence-electron chi connectivity index (χ4n) is 2.30. The summed E-state index contributed by atoms with van der Waals surface area (Å²) in [6.45, 7) is 10.2. The van der Waals surface area contributed by atoms with Crippen molar-refractivity contribution in [2.45, 2.75) is 58.4 Å². The number of nitrogens with zero attached hydrogens (tertiary/aromatic N) is 2. The van der Waals surface area contributed by atoms with Gasteiger partial charge in [-0.05, 0) is 12.8 Å². The van der Waals surface area contributed by atoms with Crippen molar-refractivity contribution in [3.8, 4) is 0 Å². The minimum Gasteiger partial charge on any atom is -0.331 e. The summed E-state index contributed by atoms with van der Waals surface area (Å²) in [7, 11) is 0. The van der Waals surface area contributed by atoms with Crippen molar-refractivity contribution in [2.75, 3.05) is 0 Å². The zero-order valence-electron chi connectivity index (χ0n) is 9.67. The molecular formula is C12H20N2. The van der Waals surface area contributed by atoms with Gasteiger partial charge in [-0.3, -0.25) is 0 Å². The van der Waals surface area contributed by atoms with Crippen LogP contribution in [0.15, 0.2) is 6.20 Å². The van der Waals surface area contributed by atoms with Crippen LogP contribution in [0.1, 0.15) is 58.0 Å². The van der Waals surface area contributed by atoms with Crippen molar-refractivity contribution in [2.24, 2.45) is 0 Å². The van der Waals surface area contributed by atoms with Gasteiger partial charge in [0.25, 0.3) is 0 Å². The van der Waals surface area contributed by atoms with Crippen LogP contribution in [0.25, 0.3) is 0 Å². The summed E-state index contributed by atoms with van der Waals surface area (Å²) in [5.74, 6) is 1.93.